The molecule has 5 heteroatoms. The van der Waals surface area contributed by atoms with Crippen molar-refractivity contribution in [3.05, 3.63) is 102 Å². The van der Waals surface area contributed by atoms with Gasteiger partial charge in [0.25, 0.3) is 11.8 Å². The normalized spacial score (nSPS) is 10.7. The van der Waals surface area contributed by atoms with Crippen LogP contribution in [0.4, 0.5) is 5.69 Å². The highest BCUT2D eigenvalue weighted by molar-refractivity contribution is 6.13. The van der Waals surface area contributed by atoms with Crippen LogP contribution in [0.5, 0.6) is 0 Å². The van der Waals surface area contributed by atoms with Gasteiger partial charge < -0.3 is 14.8 Å². The van der Waals surface area contributed by atoms with Crippen LogP contribution in [-0.2, 0) is 6.54 Å². The number of nitrogens with zero attached hydrogens (tertiary/aromatic N) is 2. The van der Waals surface area contributed by atoms with Crippen LogP contribution in [0.25, 0.3) is 10.9 Å². The van der Waals surface area contributed by atoms with E-state index >= 15 is 0 Å². The lowest BCUT2D eigenvalue weighted by atomic mass is 10.1. The van der Waals surface area contributed by atoms with Crippen LogP contribution in [0.2, 0.25) is 0 Å². The molecule has 4 rings (SSSR count). The lowest BCUT2D eigenvalue weighted by Crippen LogP contribution is -2.21. The van der Waals surface area contributed by atoms with E-state index in [1.807, 2.05) is 48.7 Å². The zero-order valence-electron chi connectivity index (χ0n) is 17.0. The number of para-hydroxylation sites is 1. The van der Waals surface area contributed by atoms with Gasteiger partial charge in [-0.15, -0.1) is 0 Å². The fourth-order valence-electron chi connectivity index (χ4n) is 3.49. The highest BCUT2D eigenvalue weighted by Crippen LogP contribution is 2.24. The first-order valence-electron chi connectivity index (χ1n) is 9.78. The zero-order valence-corrected chi connectivity index (χ0v) is 17.0. The fraction of sp³-hybridized carbons (Fsp3) is 0.120. The predicted octanol–water partition coefficient (Wildman–Crippen LogP) is 4.64. The van der Waals surface area contributed by atoms with Crippen molar-refractivity contribution in [2.24, 2.45) is 0 Å². The quantitative estimate of drug-likeness (QED) is 0.533. The van der Waals surface area contributed by atoms with E-state index in [1.54, 1.807) is 38.4 Å². The van der Waals surface area contributed by atoms with Crippen molar-refractivity contribution in [2.75, 3.05) is 19.4 Å². The Balaban J connectivity index is 1.60. The highest BCUT2D eigenvalue weighted by Gasteiger charge is 2.16. The summed E-state index contributed by atoms with van der Waals surface area (Å²) in [5, 5.41) is 3.85. The van der Waals surface area contributed by atoms with E-state index in [-0.39, 0.29) is 11.8 Å². The largest absolute Gasteiger partial charge is 0.345 e. The second-order valence-electron chi connectivity index (χ2n) is 7.40. The average Bonchev–Trinajstić information content (AvgIpc) is 3.13. The second kappa shape index (κ2) is 8.25. The van der Waals surface area contributed by atoms with Crippen molar-refractivity contribution in [1.29, 1.82) is 0 Å². The lowest BCUT2D eigenvalue weighted by molar-refractivity contribution is 0.0827. The number of nitrogens with one attached hydrogen (secondary N) is 1. The number of carbonyl (C=O) groups is 2. The summed E-state index contributed by atoms with van der Waals surface area (Å²) in [4.78, 5) is 26.6. The average molecular weight is 397 g/mol. The van der Waals surface area contributed by atoms with Crippen molar-refractivity contribution in [1.82, 2.24) is 9.47 Å². The van der Waals surface area contributed by atoms with Gasteiger partial charge >= 0.3 is 0 Å². The molecule has 30 heavy (non-hydrogen) atoms. The van der Waals surface area contributed by atoms with Gasteiger partial charge in [-0.25, -0.2) is 0 Å². The SMILES string of the molecule is CN(C)C(=O)c1ccc(NC(=O)c2cn(Cc3ccccc3)c3ccccc23)cc1. The molecular formula is C25H23N3O2. The van der Waals surface area contributed by atoms with Crippen molar-refractivity contribution >= 4 is 28.4 Å². The Bertz CT molecular complexity index is 1190. The smallest absolute Gasteiger partial charge is 0.257 e. The van der Waals surface area contributed by atoms with Crippen LogP contribution in [-0.4, -0.2) is 35.4 Å². The van der Waals surface area contributed by atoms with Gasteiger partial charge in [0.2, 0.25) is 0 Å². The van der Waals surface area contributed by atoms with Crippen LogP contribution in [0.1, 0.15) is 26.3 Å². The first kappa shape index (κ1) is 19.5. The second-order valence-corrected chi connectivity index (χ2v) is 7.40. The predicted molar refractivity (Wildman–Crippen MR) is 120 cm³/mol. The molecule has 0 atom stereocenters. The number of hydrogen-bond acceptors (Lipinski definition) is 2. The Hall–Kier alpha value is -3.86. The topological polar surface area (TPSA) is 54.3 Å². The summed E-state index contributed by atoms with van der Waals surface area (Å²) in [6.07, 6.45) is 1.90. The molecule has 0 saturated heterocycles. The summed E-state index contributed by atoms with van der Waals surface area (Å²) in [6, 6.07) is 25.0. The number of anilines is 1. The number of hydrogen-bond donors (Lipinski definition) is 1. The molecule has 0 radical (unpaired) electrons. The van der Waals surface area contributed by atoms with E-state index in [9.17, 15) is 9.59 Å². The fourth-order valence-corrected chi connectivity index (χ4v) is 3.49. The molecule has 4 aromatic rings. The summed E-state index contributed by atoms with van der Waals surface area (Å²) < 4.78 is 2.10. The summed E-state index contributed by atoms with van der Waals surface area (Å²) in [5.74, 6) is -0.249. The van der Waals surface area contributed by atoms with Crippen LogP contribution in [0.3, 0.4) is 0 Å². The molecule has 1 N–H and O–H groups in total. The van der Waals surface area contributed by atoms with Crippen molar-refractivity contribution in [3.63, 3.8) is 0 Å². The highest BCUT2D eigenvalue weighted by atomic mass is 16.2. The number of rotatable bonds is 5. The summed E-state index contributed by atoms with van der Waals surface area (Å²) in [6.45, 7) is 0.690. The Kier molecular flexibility index (Phi) is 5.35. The van der Waals surface area contributed by atoms with Crippen LogP contribution < -0.4 is 5.32 Å². The van der Waals surface area contributed by atoms with Gasteiger partial charge in [-0.05, 0) is 35.9 Å². The minimum atomic E-state index is -0.176. The van der Waals surface area contributed by atoms with E-state index in [0.29, 0.717) is 23.4 Å². The van der Waals surface area contributed by atoms with E-state index < -0.39 is 0 Å². The van der Waals surface area contributed by atoms with Crippen molar-refractivity contribution in [2.45, 2.75) is 6.54 Å². The molecule has 0 aliphatic rings. The van der Waals surface area contributed by atoms with Crippen LogP contribution in [0.15, 0.2) is 85.1 Å². The third-order valence-electron chi connectivity index (χ3n) is 5.02. The van der Waals surface area contributed by atoms with Gasteiger partial charge in [-0.1, -0.05) is 48.5 Å². The summed E-state index contributed by atoms with van der Waals surface area (Å²) >= 11 is 0. The van der Waals surface area contributed by atoms with Crippen molar-refractivity contribution in [3.8, 4) is 0 Å². The Morgan fingerprint density at radius 2 is 1.53 bits per heavy atom. The third kappa shape index (κ3) is 3.96. The molecule has 0 fully saturated rings. The molecule has 1 aromatic heterocycles. The maximum atomic E-state index is 13.0. The molecular weight excluding hydrogens is 374 g/mol. The van der Waals surface area contributed by atoms with Gasteiger partial charge in [-0.3, -0.25) is 9.59 Å². The first-order chi connectivity index (χ1) is 14.5. The molecule has 0 aliphatic carbocycles. The Labute approximate surface area is 175 Å². The standard InChI is InChI=1S/C25H23N3O2/c1-27(2)25(30)19-12-14-20(15-13-19)26-24(29)22-17-28(16-18-8-4-3-5-9-18)23-11-7-6-10-21(22)23/h3-15,17H,16H2,1-2H3,(H,26,29). The molecule has 2 amide bonds. The molecule has 0 aliphatic heterocycles. The molecule has 0 spiro atoms. The summed E-state index contributed by atoms with van der Waals surface area (Å²) in [7, 11) is 3.42. The number of amides is 2. The van der Waals surface area contributed by atoms with Gasteiger partial charge in [0, 0.05) is 49.0 Å². The van der Waals surface area contributed by atoms with Gasteiger partial charge in [-0.2, -0.15) is 0 Å². The molecule has 0 bridgehead atoms. The number of benzene rings is 3. The number of aromatic nitrogens is 1. The van der Waals surface area contributed by atoms with Gasteiger partial charge in [0.05, 0.1) is 5.56 Å². The Morgan fingerprint density at radius 3 is 2.23 bits per heavy atom. The molecule has 0 saturated carbocycles. The molecule has 0 unspecified atom stereocenters. The van der Waals surface area contributed by atoms with Crippen LogP contribution in [0, 0.1) is 0 Å². The van der Waals surface area contributed by atoms with Crippen LogP contribution >= 0.6 is 0 Å². The zero-order chi connectivity index (χ0) is 21.1. The van der Waals surface area contributed by atoms with E-state index in [2.05, 4.69) is 22.0 Å². The molecule has 150 valence electrons. The minimum Gasteiger partial charge on any atom is -0.345 e. The molecule has 3 aromatic carbocycles. The minimum absolute atomic E-state index is 0.0724. The monoisotopic (exact) mass is 397 g/mol. The van der Waals surface area contributed by atoms with E-state index in [1.165, 1.54) is 10.5 Å². The molecule has 5 nitrogen and oxygen atoms in total. The maximum Gasteiger partial charge on any atom is 0.257 e. The third-order valence-corrected chi connectivity index (χ3v) is 5.02. The lowest BCUT2D eigenvalue weighted by Gasteiger charge is -2.11. The van der Waals surface area contributed by atoms with E-state index in [0.717, 1.165) is 10.9 Å². The maximum absolute atomic E-state index is 13.0. The van der Waals surface area contributed by atoms with Crippen molar-refractivity contribution < 1.29 is 9.59 Å². The number of fused-ring (bicyclic) bond motifs is 1. The van der Waals surface area contributed by atoms with E-state index in [4.69, 9.17) is 0 Å². The molecule has 1 heterocycles. The Morgan fingerprint density at radius 1 is 0.867 bits per heavy atom. The van der Waals surface area contributed by atoms with Gasteiger partial charge in [0.15, 0.2) is 0 Å². The number of carbonyl (C=O) groups excluding carboxylic acids is 2. The first-order valence-corrected chi connectivity index (χ1v) is 9.78. The van der Waals surface area contributed by atoms with Gasteiger partial charge in [0.1, 0.15) is 0 Å². The summed E-state index contributed by atoms with van der Waals surface area (Å²) in [5.41, 5.74) is 4.03.